The van der Waals surface area contributed by atoms with Crippen molar-refractivity contribution >= 4 is 22.1 Å². The van der Waals surface area contributed by atoms with Gasteiger partial charge in [0.15, 0.2) is 5.78 Å². The molecule has 0 aromatic rings. The van der Waals surface area contributed by atoms with Gasteiger partial charge < -0.3 is 5.73 Å². The molecule has 9 nitrogen and oxygen atoms in total. The van der Waals surface area contributed by atoms with Crippen molar-refractivity contribution in [2.75, 3.05) is 13.2 Å². The lowest BCUT2D eigenvalue weighted by molar-refractivity contribution is -0.135. The molecular formula is C7H11N3O6S. The van der Waals surface area contributed by atoms with Gasteiger partial charge in [-0.15, -0.1) is 0 Å². The topological polar surface area (TPSA) is 130 Å². The molecule has 1 amide bonds. The van der Waals surface area contributed by atoms with Crippen molar-refractivity contribution in [3.63, 3.8) is 0 Å². The van der Waals surface area contributed by atoms with Crippen LogP contribution in [0.25, 0.3) is 0 Å². The van der Waals surface area contributed by atoms with Gasteiger partial charge >= 0.3 is 10.4 Å². The number of nitrogens with zero attached hydrogens (tertiary/aromatic N) is 2. The van der Waals surface area contributed by atoms with E-state index >= 15 is 0 Å². The second-order valence-electron chi connectivity index (χ2n) is 3.96. The summed E-state index contributed by atoms with van der Waals surface area (Å²) in [6, 6.07) is -1.55. The quantitative estimate of drug-likeness (QED) is 0.422. The predicted molar refractivity (Wildman–Crippen MR) is 52.4 cm³/mol. The average molecular weight is 265 g/mol. The van der Waals surface area contributed by atoms with Gasteiger partial charge in [0.05, 0.1) is 12.7 Å². The molecular weight excluding hydrogens is 254 g/mol. The molecule has 3 atom stereocenters. The van der Waals surface area contributed by atoms with Crippen LogP contribution in [-0.4, -0.2) is 59.9 Å². The summed E-state index contributed by atoms with van der Waals surface area (Å²) in [5.41, 5.74) is 5.09. The summed E-state index contributed by atoms with van der Waals surface area (Å²) in [6.07, 6.45) is -0.0420. The molecule has 0 spiro atoms. The summed E-state index contributed by atoms with van der Waals surface area (Å²) in [5.74, 6) is -1.16. The average Bonchev–Trinajstić information content (AvgIpc) is 2.39. The molecule has 2 aliphatic rings. The molecule has 2 fully saturated rings. The van der Waals surface area contributed by atoms with Crippen LogP contribution in [0.3, 0.4) is 0 Å². The van der Waals surface area contributed by atoms with E-state index in [9.17, 15) is 18.0 Å². The molecule has 0 aliphatic carbocycles. The van der Waals surface area contributed by atoms with E-state index in [1.807, 2.05) is 0 Å². The number of carbonyl (C=O) groups excluding carboxylic acids is 2. The molecule has 2 rings (SSSR count). The normalized spacial score (nSPS) is 33.9. The monoisotopic (exact) mass is 265 g/mol. The van der Waals surface area contributed by atoms with E-state index in [4.69, 9.17) is 10.3 Å². The molecule has 0 aromatic carbocycles. The molecule has 2 aliphatic heterocycles. The summed E-state index contributed by atoms with van der Waals surface area (Å²) in [5, 5.41) is 0.955. The Morgan fingerprint density at radius 3 is 2.71 bits per heavy atom. The van der Waals surface area contributed by atoms with E-state index in [1.165, 1.54) is 4.90 Å². The zero-order chi connectivity index (χ0) is 12.8. The van der Waals surface area contributed by atoms with Gasteiger partial charge in [0.25, 0.3) is 0 Å². The fourth-order valence-electron chi connectivity index (χ4n) is 2.16. The van der Waals surface area contributed by atoms with Crippen molar-refractivity contribution in [2.45, 2.75) is 18.5 Å². The Morgan fingerprint density at radius 1 is 1.53 bits per heavy atom. The van der Waals surface area contributed by atoms with Crippen molar-refractivity contribution < 1.29 is 26.8 Å². The van der Waals surface area contributed by atoms with Gasteiger partial charge in [-0.1, -0.05) is 0 Å². The number of fused-ring (bicyclic) bond motifs is 2. The van der Waals surface area contributed by atoms with Crippen LogP contribution in [0.15, 0.2) is 0 Å². The standard InChI is InChI=1S/C7H11N3O6S/c8-7(12)6-5(11)1-4-2-9(6)3-10(4)16-17(13,14)15/h4,6H,1-3H2,(H2,8,12)(H,13,14,15). The van der Waals surface area contributed by atoms with Gasteiger partial charge in [-0.25, -0.2) is 0 Å². The zero-order valence-corrected chi connectivity index (χ0v) is 9.46. The van der Waals surface area contributed by atoms with Gasteiger partial charge in [-0.05, 0) is 0 Å². The Bertz CT molecular complexity index is 462. The van der Waals surface area contributed by atoms with Gasteiger partial charge in [-0.3, -0.25) is 19.0 Å². The van der Waals surface area contributed by atoms with Crippen molar-refractivity contribution in [3.05, 3.63) is 0 Å². The second kappa shape index (κ2) is 3.99. The number of carbonyl (C=O) groups is 2. The van der Waals surface area contributed by atoms with Crippen molar-refractivity contribution in [1.29, 1.82) is 0 Å². The number of primary amides is 1. The van der Waals surface area contributed by atoms with Gasteiger partial charge in [0, 0.05) is 13.0 Å². The van der Waals surface area contributed by atoms with E-state index in [-0.39, 0.29) is 25.4 Å². The number of nitrogens with two attached hydrogens (primary N) is 1. The number of rotatable bonds is 3. The molecule has 96 valence electrons. The van der Waals surface area contributed by atoms with Crippen LogP contribution in [-0.2, 0) is 24.3 Å². The molecule has 2 bridgehead atoms. The van der Waals surface area contributed by atoms with Gasteiger partial charge in [0.2, 0.25) is 5.91 Å². The highest BCUT2D eigenvalue weighted by Crippen LogP contribution is 2.26. The number of hydroxylamine groups is 2. The van der Waals surface area contributed by atoms with E-state index < -0.39 is 28.4 Å². The fourth-order valence-corrected chi connectivity index (χ4v) is 2.57. The maximum atomic E-state index is 11.6. The predicted octanol–water partition coefficient (Wildman–Crippen LogP) is -2.51. The Morgan fingerprint density at radius 2 is 2.18 bits per heavy atom. The van der Waals surface area contributed by atoms with Crippen molar-refractivity contribution in [3.8, 4) is 0 Å². The Kier molecular flexibility index (Phi) is 2.91. The Labute approximate surface area is 97.0 Å². The molecule has 0 radical (unpaired) electrons. The first kappa shape index (κ1) is 12.4. The van der Waals surface area contributed by atoms with Gasteiger partial charge in [0.1, 0.15) is 6.04 Å². The second-order valence-corrected chi connectivity index (χ2v) is 4.97. The highest BCUT2D eigenvalue weighted by molar-refractivity contribution is 7.80. The maximum absolute atomic E-state index is 11.6. The van der Waals surface area contributed by atoms with E-state index in [0.717, 1.165) is 5.06 Å². The number of piperidine rings is 1. The summed E-state index contributed by atoms with van der Waals surface area (Å²) < 4.78 is 34.0. The summed E-state index contributed by atoms with van der Waals surface area (Å²) in [4.78, 5) is 24.1. The zero-order valence-electron chi connectivity index (χ0n) is 8.64. The number of hydrogen-bond donors (Lipinski definition) is 2. The smallest absolute Gasteiger partial charge is 0.368 e. The van der Waals surface area contributed by atoms with Crippen LogP contribution in [0.5, 0.6) is 0 Å². The number of amides is 1. The first-order chi connectivity index (χ1) is 7.78. The SMILES string of the molecule is NC(=O)C1C(=O)CC2CN1CN2OS(=O)(=O)O. The maximum Gasteiger partial charge on any atom is 0.413 e. The van der Waals surface area contributed by atoms with Crippen LogP contribution >= 0.6 is 0 Å². The lowest BCUT2D eigenvalue weighted by Crippen LogP contribution is -2.52. The number of hydrogen-bond acceptors (Lipinski definition) is 7. The molecule has 3 N–H and O–H groups in total. The summed E-state index contributed by atoms with van der Waals surface area (Å²) in [6.45, 7) is 0.207. The van der Waals surface area contributed by atoms with E-state index in [0.29, 0.717) is 0 Å². The lowest BCUT2D eigenvalue weighted by atomic mass is 9.99. The number of Topliss-reactive ketones (excluding diaryl/α,β-unsaturated/α-hetero) is 1. The minimum atomic E-state index is -4.63. The molecule has 2 saturated heterocycles. The van der Waals surface area contributed by atoms with Crippen molar-refractivity contribution in [1.82, 2.24) is 9.96 Å². The third kappa shape index (κ3) is 2.45. The molecule has 10 heteroatoms. The summed E-state index contributed by atoms with van der Waals surface area (Å²) in [7, 11) is -4.63. The molecule has 3 unspecified atom stereocenters. The number of ketones is 1. The lowest BCUT2D eigenvalue weighted by Gasteiger charge is -2.26. The molecule has 17 heavy (non-hydrogen) atoms. The van der Waals surface area contributed by atoms with E-state index in [1.54, 1.807) is 0 Å². The third-order valence-electron chi connectivity index (χ3n) is 2.74. The van der Waals surface area contributed by atoms with Gasteiger partial charge in [-0.2, -0.15) is 17.8 Å². The van der Waals surface area contributed by atoms with Crippen LogP contribution in [0, 0.1) is 0 Å². The largest absolute Gasteiger partial charge is 0.413 e. The van der Waals surface area contributed by atoms with Crippen LogP contribution < -0.4 is 5.73 Å². The fraction of sp³-hybridized carbons (Fsp3) is 0.714. The first-order valence-electron chi connectivity index (χ1n) is 4.77. The Balaban J connectivity index is 2.15. The highest BCUT2D eigenvalue weighted by atomic mass is 32.3. The summed E-state index contributed by atoms with van der Waals surface area (Å²) >= 11 is 0. The molecule has 2 heterocycles. The highest BCUT2D eigenvalue weighted by Gasteiger charge is 2.47. The third-order valence-corrected chi connectivity index (χ3v) is 3.12. The van der Waals surface area contributed by atoms with Crippen LogP contribution in [0.2, 0.25) is 0 Å². The van der Waals surface area contributed by atoms with Crippen LogP contribution in [0.1, 0.15) is 6.42 Å². The molecule has 0 saturated carbocycles. The minimum absolute atomic E-state index is 0.0420. The molecule has 0 aromatic heterocycles. The minimum Gasteiger partial charge on any atom is -0.368 e. The van der Waals surface area contributed by atoms with Crippen LogP contribution in [0.4, 0.5) is 0 Å². The first-order valence-corrected chi connectivity index (χ1v) is 6.14. The van der Waals surface area contributed by atoms with E-state index in [2.05, 4.69) is 4.28 Å². The Hall–Kier alpha value is -1.07. The van der Waals surface area contributed by atoms with Crippen molar-refractivity contribution in [2.24, 2.45) is 5.73 Å².